The van der Waals surface area contributed by atoms with Crippen molar-refractivity contribution in [2.45, 2.75) is 12.5 Å². The Bertz CT molecular complexity index is 642. The minimum absolute atomic E-state index is 0.339. The topological polar surface area (TPSA) is 58.6 Å². The van der Waals surface area contributed by atoms with Gasteiger partial charge in [0.05, 0.1) is 7.11 Å². The summed E-state index contributed by atoms with van der Waals surface area (Å²) in [6, 6.07) is 12.4. The van der Waals surface area contributed by atoms with E-state index in [1.807, 2.05) is 0 Å². The van der Waals surface area contributed by atoms with Crippen molar-refractivity contribution in [2.24, 2.45) is 0 Å². The Morgan fingerprint density at radius 2 is 1.90 bits per heavy atom. The van der Waals surface area contributed by atoms with Crippen LogP contribution in [0.15, 0.2) is 48.5 Å². The van der Waals surface area contributed by atoms with Gasteiger partial charge in [0.25, 0.3) is 0 Å². The first-order valence-corrected chi connectivity index (χ1v) is 6.37. The van der Waals surface area contributed by atoms with Crippen LogP contribution in [0.3, 0.4) is 0 Å². The molecule has 0 bridgehead atoms. The number of anilines is 1. The van der Waals surface area contributed by atoms with Gasteiger partial charge in [-0.1, -0.05) is 12.1 Å². The number of carboxylic acids is 1. The lowest BCUT2D eigenvalue weighted by molar-refractivity contribution is -0.142. The van der Waals surface area contributed by atoms with Gasteiger partial charge in [-0.05, 0) is 48.9 Å². The summed E-state index contributed by atoms with van der Waals surface area (Å²) in [6.07, 6.45) is 0. The zero-order valence-electron chi connectivity index (χ0n) is 11.8. The molecule has 0 saturated carbocycles. The van der Waals surface area contributed by atoms with Crippen LogP contribution in [-0.2, 0) is 10.3 Å². The lowest BCUT2D eigenvalue weighted by Gasteiger charge is -2.28. The molecule has 0 aliphatic rings. The number of hydrogen-bond donors (Lipinski definition) is 2. The highest BCUT2D eigenvalue weighted by molar-refractivity contribution is 5.84. The standard InChI is InChI=1S/C16H16FNO3/c1-16(15(19)20,11-4-3-5-12(17)10-11)18-13-6-8-14(21-2)9-7-13/h3-10,18H,1-2H3,(H,19,20). The largest absolute Gasteiger partial charge is 0.497 e. The molecule has 0 saturated heterocycles. The minimum atomic E-state index is -1.43. The molecule has 0 fully saturated rings. The van der Waals surface area contributed by atoms with E-state index in [2.05, 4.69) is 5.32 Å². The smallest absolute Gasteiger partial charge is 0.333 e. The molecule has 2 aromatic carbocycles. The zero-order chi connectivity index (χ0) is 15.5. The number of nitrogens with one attached hydrogen (secondary N) is 1. The van der Waals surface area contributed by atoms with Crippen LogP contribution >= 0.6 is 0 Å². The van der Waals surface area contributed by atoms with Crippen molar-refractivity contribution < 1.29 is 19.0 Å². The van der Waals surface area contributed by atoms with Crippen molar-refractivity contribution in [3.8, 4) is 5.75 Å². The third-order valence-corrected chi connectivity index (χ3v) is 3.31. The maximum Gasteiger partial charge on any atom is 0.333 e. The summed E-state index contributed by atoms with van der Waals surface area (Å²) in [5.74, 6) is -0.899. The number of rotatable bonds is 5. The number of carboxylic acid groups (broad SMARTS) is 1. The summed E-state index contributed by atoms with van der Waals surface area (Å²) in [7, 11) is 1.55. The van der Waals surface area contributed by atoms with Gasteiger partial charge >= 0.3 is 5.97 Å². The van der Waals surface area contributed by atoms with Crippen molar-refractivity contribution in [3.63, 3.8) is 0 Å². The normalized spacial score (nSPS) is 13.3. The first-order valence-electron chi connectivity index (χ1n) is 6.37. The number of benzene rings is 2. The predicted molar refractivity (Wildman–Crippen MR) is 78.0 cm³/mol. The highest BCUT2D eigenvalue weighted by atomic mass is 19.1. The summed E-state index contributed by atoms with van der Waals surface area (Å²) >= 11 is 0. The molecule has 0 spiro atoms. The van der Waals surface area contributed by atoms with Crippen molar-refractivity contribution in [3.05, 3.63) is 59.9 Å². The van der Waals surface area contributed by atoms with E-state index in [0.29, 0.717) is 17.0 Å². The number of aliphatic carboxylic acids is 1. The van der Waals surface area contributed by atoms with Crippen molar-refractivity contribution in [2.75, 3.05) is 12.4 Å². The number of methoxy groups -OCH3 is 1. The van der Waals surface area contributed by atoms with Gasteiger partial charge in [-0.3, -0.25) is 0 Å². The summed E-state index contributed by atoms with van der Waals surface area (Å²) in [4.78, 5) is 11.7. The Kier molecular flexibility index (Phi) is 4.12. The summed E-state index contributed by atoms with van der Waals surface area (Å²) in [6.45, 7) is 1.49. The van der Waals surface area contributed by atoms with Gasteiger partial charge in [-0.2, -0.15) is 0 Å². The molecule has 0 amide bonds. The van der Waals surface area contributed by atoms with Crippen LogP contribution in [0.1, 0.15) is 12.5 Å². The van der Waals surface area contributed by atoms with Crippen LogP contribution in [0.25, 0.3) is 0 Å². The molecule has 0 aromatic heterocycles. The third-order valence-electron chi connectivity index (χ3n) is 3.31. The van der Waals surface area contributed by atoms with Gasteiger partial charge in [-0.25, -0.2) is 9.18 Å². The first kappa shape index (κ1) is 14.8. The van der Waals surface area contributed by atoms with Crippen molar-refractivity contribution in [1.29, 1.82) is 0 Å². The number of ether oxygens (including phenoxy) is 1. The van der Waals surface area contributed by atoms with Gasteiger partial charge in [0.15, 0.2) is 5.54 Å². The summed E-state index contributed by atoms with van der Waals surface area (Å²) in [5.41, 5.74) is -0.493. The second-order valence-electron chi connectivity index (χ2n) is 4.79. The number of halogens is 1. The van der Waals surface area contributed by atoms with E-state index in [1.54, 1.807) is 37.4 Å². The molecule has 2 N–H and O–H groups in total. The van der Waals surface area contributed by atoms with Crippen LogP contribution < -0.4 is 10.1 Å². The van der Waals surface area contributed by atoms with E-state index in [0.717, 1.165) is 0 Å². The molecule has 0 aliphatic carbocycles. The molecule has 5 heteroatoms. The van der Waals surface area contributed by atoms with E-state index in [-0.39, 0.29) is 0 Å². The molecule has 2 rings (SSSR count). The van der Waals surface area contributed by atoms with E-state index < -0.39 is 17.3 Å². The maximum absolute atomic E-state index is 13.4. The molecule has 1 unspecified atom stereocenters. The molecule has 1 atom stereocenters. The van der Waals surface area contributed by atoms with Gasteiger partial charge in [-0.15, -0.1) is 0 Å². The molecule has 110 valence electrons. The maximum atomic E-state index is 13.4. The van der Waals surface area contributed by atoms with Crippen LogP contribution in [0.5, 0.6) is 5.75 Å². The van der Waals surface area contributed by atoms with Crippen molar-refractivity contribution >= 4 is 11.7 Å². The summed E-state index contributed by atoms with van der Waals surface area (Å²) in [5, 5.41) is 12.5. The van der Waals surface area contributed by atoms with E-state index in [1.165, 1.54) is 25.1 Å². The van der Waals surface area contributed by atoms with Gasteiger partial charge in [0, 0.05) is 5.69 Å². The Morgan fingerprint density at radius 1 is 1.24 bits per heavy atom. The van der Waals surface area contributed by atoms with Gasteiger partial charge in [0.2, 0.25) is 0 Å². The van der Waals surface area contributed by atoms with E-state index >= 15 is 0 Å². The quantitative estimate of drug-likeness (QED) is 0.887. The zero-order valence-corrected chi connectivity index (χ0v) is 11.8. The molecule has 0 radical (unpaired) electrons. The van der Waals surface area contributed by atoms with Crippen molar-refractivity contribution in [1.82, 2.24) is 0 Å². The van der Waals surface area contributed by atoms with Crippen LogP contribution in [0.4, 0.5) is 10.1 Å². The fourth-order valence-electron chi connectivity index (χ4n) is 2.01. The third kappa shape index (κ3) is 3.13. The van der Waals surface area contributed by atoms with Gasteiger partial charge < -0.3 is 15.2 Å². The average molecular weight is 289 g/mol. The Labute approximate surface area is 122 Å². The molecule has 0 heterocycles. The van der Waals surface area contributed by atoms with E-state index in [9.17, 15) is 14.3 Å². The number of hydrogen-bond acceptors (Lipinski definition) is 3. The highest BCUT2D eigenvalue weighted by Crippen LogP contribution is 2.28. The number of carbonyl (C=O) groups is 1. The highest BCUT2D eigenvalue weighted by Gasteiger charge is 2.35. The molecule has 0 aliphatic heterocycles. The van der Waals surface area contributed by atoms with Crippen LogP contribution in [-0.4, -0.2) is 18.2 Å². The summed E-state index contributed by atoms with van der Waals surface area (Å²) < 4.78 is 18.4. The predicted octanol–water partition coefficient (Wildman–Crippen LogP) is 3.25. The van der Waals surface area contributed by atoms with Crippen LogP contribution in [0.2, 0.25) is 0 Å². The minimum Gasteiger partial charge on any atom is -0.497 e. The molecule has 4 nitrogen and oxygen atoms in total. The Hall–Kier alpha value is -2.56. The van der Waals surface area contributed by atoms with E-state index in [4.69, 9.17) is 4.74 Å². The lowest BCUT2D eigenvalue weighted by atomic mass is 9.91. The fraction of sp³-hybridized carbons (Fsp3) is 0.188. The molecule has 21 heavy (non-hydrogen) atoms. The van der Waals surface area contributed by atoms with Crippen LogP contribution in [0, 0.1) is 5.82 Å². The lowest BCUT2D eigenvalue weighted by Crippen LogP contribution is -2.40. The Balaban J connectivity index is 2.36. The molecule has 2 aromatic rings. The van der Waals surface area contributed by atoms with Gasteiger partial charge in [0.1, 0.15) is 11.6 Å². The second-order valence-corrected chi connectivity index (χ2v) is 4.79. The Morgan fingerprint density at radius 3 is 2.43 bits per heavy atom. The molecular formula is C16H16FNO3. The SMILES string of the molecule is COc1ccc(NC(C)(C(=O)O)c2cccc(F)c2)cc1. The average Bonchev–Trinajstić information content (AvgIpc) is 2.47. The molecular weight excluding hydrogens is 273 g/mol. The monoisotopic (exact) mass is 289 g/mol. The second kappa shape index (κ2) is 5.83. The fourth-order valence-corrected chi connectivity index (χ4v) is 2.01. The first-order chi connectivity index (χ1) is 9.95.